The number of thiazole rings is 1. The number of esters is 1. The SMILES string of the molecule is CCOC(=O)C1=C(C)N=c2s/c(=C\c3cc(Cl)cc(Cl)c3OCCOc3cccc(OC)c3)c(=O)n2[C@H]1c1ccccc1. The topological polar surface area (TPSA) is 88.4 Å². The lowest BCUT2D eigenvalue weighted by atomic mass is 9.96. The third-order valence-corrected chi connectivity index (χ3v) is 8.08. The summed E-state index contributed by atoms with van der Waals surface area (Å²) in [6.45, 7) is 4.10. The summed E-state index contributed by atoms with van der Waals surface area (Å²) in [5, 5.41) is 0.669. The summed E-state index contributed by atoms with van der Waals surface area (Å²) in [6, 6.07) is 19.1. The van der Waals surface area contributed by atoms with Crippen LogP contribution in [0.15, 0.2) is 87.8 Å². The number of methoxy groups -OCH3 is 1. The first-order valence-corrected chi connectivity index (χ1v) is 15.0. The van der Waals surface area contributed by atoms with Gasteiger partial charge in [-0.25, -0.2) is 9.79 Å². The van der Waals surface area contributed by atoms with Crippen molar-refractivity contribution in [1.29, 1.82) is 0 Å². The summed E-state index contributed by atoms with van der Waals surface area (Å²) in [6.07, 6.45) is 1.67. The molecule has 43 heavy (non-hydrogen) atoms. The predicted molar refractivity (Wildman–Crippen MR) is 167 cm³/mol. The monoisotopic (exact) mass is 638 g/mol. The number of fused-ring (bicyclic) bond motifs is 1. The Bertz CT molecular complexity index is 1870. The fourth-order valence-electron chi connectivity index (χ4n) is 4.72. The number of hydrogen-bond acceptors (Lipinski definition) is 8. The zero-order chi connectivity index (χ0) is 30.5. The molecule has 2 heterocycles. The molecule has 0 unspecified atom stereocenters. The summed E-state index contributed by atoms with van der Waals surface area (Å²) >= 11 is 14.1. The van der Waals surface area contributed by atoms with Crippen molar-refractivity contribution in [1.82, 2.24) is 4.57 Å². The maximum atomic E-state index is 14.0. The molecule has 11 heteroatoms. The summed E-state index contributed by atoms with van der Waals surface area (Å²) < 4.78 is 24.3. The number of aromatic nitrogens is 1. The van der Waals surface area contributed by atoms with Crippen molar-refractivity contribution in [2.24, 2.45) is 4.99 Å². The van der Waals surface area contributed by atoms with Crippen LogP contribution >= 0.6 is 34.5 Å². The molecule has 0 N–H and O–H groups in total. The Hall–Kier alpha value is -4.05. The summed E-state index contributed by atoms with van der Waals surface area (Å²) in [7, 11) is 1.59. The van der Waals surface area contributed by atoms with Gasteiger partial charge in [-0.05, 0) is 49.8 Å². The van der Waals surface area contributed by atoms with Gasteiger partial charge in [0.25, 0.3) is 5.56 Å². The molecule has 0 radical (unpaired) electrons. The second-order valence-electron chi connectivity index (χ2n) is 9.39. The maximum absolute atomic E-state index is 14.0. The molecule has 3 aromatic carbocycles. The number of rotatable bonds is 10. The highest BCUT2D eigenvalue weighted by Crippen LogP contribution is 2.34. The molecule has 5 rings (SSSR count). The smallest absolute Gasteiger partial charge is 0.338 e. The molecule has 1 aliphatic rings. The third kappa shape index (κ3) is 6.64. The van der Waals surface area contributed by atoms with Gasteiger partial charge in [0.05, 0.1) is 40.6 Å². The molecule has 1 aromatic heterocycles. The molecule has 0 amide bonds. The van der Waals surface area contributed by atoms with Crippen LogP contribution in [0.1, 0.15) is 31.0 Å². The Kier molecular flexibility index (Phi) is 9.55. The van der Waals surface area contributed by atoms with Crippen LogP contribution in [0.25, 0.3) is 6.08 Å². The van der Waals surface area contributed by atoms with Crippen molar-refractivity contribution in [3.05, 3.63) is 119 Å². The zero-order valence-electron chi connectivity index (χ0n) is 23.6. The molecule has 0 bridgehead atoms. The molecule has 0 saturated heterocycles. The van der Waals surface area contributed by atoms with Gasteiger partial charge in [0.1, 0.15) is 30.5 Å². The zero-order valence-corrected chi connectivity index (χ0v) is 26.0. The van der Waals surface area contributed by atoms with E-state index in [-0.39, 0.29) is 30.4 Å². The van der Waals surface area contributed by atoms with Crippen LogP contribution in [0.4, 0.5) is 0 Å². The van der Waals surface area contributed by atoms with Crippen LogP contribution in [0.5, 0.6) is 17.2 Å². The largest absolute Gasteiger partial charge is 0.497 e. The third-order valence-electron chi connectivity index (χ3n) is 6.60. The molecule has 8 nitrogen and oxygen atoms in total. The number of ether oxygens (including phenoxy) is 4. The van der Waals surface area contributed by atoms with Crippen LogP contribution in [0.2, 0.25) is 10.0 Å². The van der Waals surface area contributed by atoms with E-state index in [1.165, 1.54) is 15.9 Å². The Balaban J connectivity index is 1.51. The van der Waals surface area contributed by atoms with E-state index in [1.807, 2.05) is 48.5 Å². The highest BCUT2D eigenvalue weighted by Gasteiger charge is 2.33. The standard InChI is InChI=1S/C32H28Cl2N2O6S/c1-4-40-31(38)27-19(2)35-32-36(28(27)20-9-6-5-7-10-20)30(37)26(43-32)16-21-15-22(33)17-25(34)29(21)42-14-13-41-24-12-8-11-23(18-24)39-3/h5-12,15-18,28H,4,13-14H2,1-3H3/b26-16-/t28-/m0/s1. The second-order valence-corrected chi connectivity index (χ2v) is 11.2. The van der Waals surface area contributed by atoms with Gasteiger partial charge in [-0.3, -0.25) is 9.36 Å². The summed E-state index contributed by atoms with van der Waals surface area (Å²) in [5.41, 5.74) is 1.76. The molecule has 4 aromatic rings. The minimum atomic E-state index is -0.703. The van der Waals surface area contributed by atoms with E-state index in [0.717, 1.165) is 5.56 Å². The van der Waals surface area contributed by atoms with E-state index >= 15 is 0 Å². The van der Waals surface area contributed by atoms with Crippen LogP contribution in [0, 0.1) is 0 Å². The number of carbonyl (C=O) groups excluding carboxylic acids is 1. The molecule has 0 fully saturated rings. The Morgan fingerprint density at radius 3 is 2.51 bits per heavy atom. The van der Waals surface area contributed by atoms with Gasteiger partial charge in [-0.1, -0.05) is 70.9 Å². The van der Waals surface area contributed by atoms with Crippen molar-refractivity contribution < 1.29 is 23.7 Å². The van der Waals surface area contributed by atoms with Crippen LogP contribution < -0.4 is 29.1 Å². The van der Waals surface area contributed by atoms with Gasteiger partial charge in [-0.2, -0.15) is 0 Å². The Labute approximate surface area is 262 Å². The molecular weight excluding hydrogens is 611 g/mol. The lowest BCUT2D eigenvalue weighted by molar-refractivity contribution is -0.139. The van der Waals surface area contributed by atoms with E-state index < -0.39 is 12.0 Å². The molecule has 222 valence electrons. The van der Waals surface area contributed by atoms with Gasteiger partial charge >= 0.3 is 5.97 Å². The van der Waals surface area contributed by atoms with Gasteiger partial charge in [-0.15, -0.1) is 0 Å². The number of allylic oxidation sites excluding steroid dienone is 1. The van der Waals surface area contributed by atoms with Crippen molar-refractivity contribution in [3.63, 3.8) is 0 Å². The molecule has 1 atom stereocenters. The number of nitrogens with zero attached hydrogens (tertiary/aromatic N) is 2. The van der Waals surface area contributed by atoms with Crippen molar-refractivity contribution in [2.75, 3.05) is 26.9 Å². The van der Waals surface area contributed by atoms with E-state index in [1.54, 1.807) is 45.2 Å². The second kappa shape index (κ2) is 13.5. The van der Waals surface area contributed by atoms with Crippen molar-refractivity contribution in [3.8, 4) is 17.2 Å². The number of hydrogen-bond donors (Lipinski definition) is 0. The molecule has 1 aliphatic heterocycles. The van der Waals surface area contributed by atoms with Gasteiger partial charge < -0.3 is 18.9 Å². The molecule has 0 aliphatic carbocycles. The maximum Gasteiger partial charge on any atom is 0.338 e. The van der Waals surface area contributed by atoms with E-state index in [4.69, 9.17) is 42.1 Å². The van der Waals surface area contributed by atoms with Crippen LogP contribution in [-0.4, -0.2) is 37.5 Å². The minimum Gasteiger partial charge on any atom is -0.497 e. The lowest BCUT2D eigenvalue weighted by Gasteiger charge is -2.24. The first kappa shape index (κ1) is 30.4. The van der Waals surface area contributed by atoms with E-state index in [9.17, 15) is 9.59 Å². The fourth-order valence-corrected chi connectivity index (χ4v) is 6.32. The quantitative estimate of drug-likeness (QED) is 0.167. The number of benzene rings is 3. The molecule has 0 saturated carbocycles. The predicted octanol–water partition coefficient (Wildman–Crippen LogP) is 5.57. The van der Waals surface area contributed by atoms with Crippen LogP contribution in [-0.2, 0) is 9.53 Å². The first-order valence-electron chi connectivity index (χ1n) is 13.4. The molecular formula is C32H28Cl2N2O6S. The average molecular weight is 640 g/mol. The normalized spacial score (nSPS) is 14.6. The van der Waals surface area contributed by atoms with Gasteiger partial charge in [0, 0.05) is 16.7 Å². The summed E-state index contributed by atoms with van der Waals surface area (Å²) in [5.74, 6) is 1.16. The number of halogens is 2. The van der Waals surface area contributed by atoms with Crippen molar-refractivity contribution >= 4 is 46.6 Å². The van der Waals surface area contributed by atoms with E-state index in [2.05, 4.69) is 4.99 Å². The Morgan fingerprint density at radius 1 is 1.02 bits per heavy atom. The first-order chi connectivity index (χ1) is 20.8. The molecule has 0 spiro atoms. The average Bonchev–Trinajstić information content (AvgIpc) is 3.29. The summed E-state index contributed by atoms with van der Waals surface area (Å²) in [4.78, 5) is 32.1. The highest BCUT2D eigenvalue weighted by atomic mass is 35.5. The van der Waals surface area contributed by atoms with Crippen LogP contribution in [0.3, 0.4) is 0 Å². The highest BCUT2D eigenvalue weighted by molar-refractivity contribution is 7.07. The number of carbonyl (C=O) groups is 1. The van der Waals surface area contributed by atoms with Crippen molar-refractivity contribution in [2.45, 2.75) is 19.9 Å². The van der Waals surface area contributed by atoms with Gasteiger partial charge in [0.2, 0.25) is 0 Å². The van der Waals surface area contributed by atoms with Gasteiger partial charge in [0.15, 0.2) is 4.80 Å². The van der Waals surface area contributed by atoms with E-state index in [0.29, 0.717) is 48.4 Å². The fraction of sp³-hybridized carbons (Fsp3) is 0.219. The minimum absolute atomic E-state index is 0.177. The Morgan fingerprint density at radius 2 is 1.77 bits per heavy atom. The lowest BCUT2D eigenvalue weighted by Crippen LogP contribution is -2.39.